The molecule has 0 radical (unpaired) electrons. The molecule has 3 N–H and O–H groups in total. The van der Waals surface area contributed by atoms with Crippen molar-refractivity contribution < 1.29 is 10.2 Å². The van der Waals surface area contributed by atoms with Crippen molar-refractivity contribution in [2.75, 3.05) is 19.7 Å². The van der Waals surface area contributed by atoms with Gasteiger partial charge in [-0.1, -0.05) is 19.8 Å². The zero-order valence-corrected chi connectivity index (χ0v) is 11.0. The Hall–Kier alpha value is -0.120. The van der Waals surface area contributed by atoms with E-state index in [1.165, 1.54) is 6.42 Å². The molecule has 1 saturated heterocycles. The summed E-state index contributed by atoms with van der Waals surface area (Å²) in [6.45, 7) is 4.27. The van der Waals surface area contributed by atoms with Gasteiger partial charge in [0, 0.05) is 5.41 Å². The summed E-state index contributed by atoms with van der Waals surface area (Å²) in [5.74, 6) is 0.724. The summed E-state index contributed by atoms with van der Waals surface area (Å²) < 4.78 is 0. The summed E-state index contributed by atoms with van der Waals surface area (Å²) in [4.78, 5) is 0. The summed E-state index contributed by atoms with van der Waals surface area (Å²) in [6, 6.07) is 0. The second-order valence-corrected chi connectivity index (χ2v) is 6.26. The van der Waals surface area contributed by atoms with Gasteiger partial charge in [0.1, 0.15) is 0 Å². The fraction of sp³-hybridized carbons (Fsp3) is 1.00. The second kappa shape index (κ2) is 5.25. The van der Waals surface area contributed by atoms with Crippen molar-refractivity contribution in [3.63, 3.8) is 0 Å². The lowest BCUT2D eigenvalue weighted by Gasteiger charge is -2.49. The van der Waals surface area contributed by atoms with Crippen LogP contribution in [0.25, 0.3) is 0 Å². The van der Waals surface area contributed by atoms with Gasteiger partial charge in [0.25, 0.3) is 0 Å². The lowest BCUT2D eigenvalue weighted by Crippen LogP contribution is -2.55. The molecule has 17 heavy (non-hydrogen) atoms. The topological polar surface area (TPSA) is 52.5 Å². The molecular formula is C14H27NO2. The molecule has 1 aliphatic heterocycles. The number of piperidine rings is 1. The summed E-state index contributed by atoms with van der Waals surface area (Å²) in [6.07, 6.45) is 7.00. The molecule has 0 aromatic carbocycles. The van der Waals surface area contributed by atoms with Crippen LogP contribution in [0.5, 0.6) is 0 Å². The zero-order chi connectivity index (χ0) is 12.4. The molecule has 3 nitrogen and oxygen atoms in total. The van der Waals surface area contributed by atoms with Gasteiger partial charge in [-0.2, -0.15) is 0 Å². The third-order valence-electron chi connectivity index (χ3n) is 5.19. The molecule has 0 aromatic rings. The van der Waals surface area contributed by atoms with Gasteiger partial charge in [0.05, 0.1) is 12.2 Å². The van der Waals surface area contributed by atoms with Gasteiger partial charge in [-0.3, -0.25) is 0 Å². The van der Waals surface area contributed by atoms with E-state index in [0.717, 1.165) is 57.5 Å². The van der Waals surface area contributed by atoms with E-state index in [4.69, 9.17) is 0 Å². The number of rotatable bonds is 2. The minimum absolute atomic E-state index is 0.138. The van der Waals surface area contributed by atoms with Gasteiger partial charge in [-0.05, 0) is 51.1 Å². The summed E-state index contributed by atoms with van der Waals surface area (Å²) in [5.41, 5.74) is -0.878. The molecular weight excluding hydrogens is 214 g/mol. The minimum atomic E-state index is -0.630. The molecule has 2 atom stereocenters. The van der Waals surface area contributed by atoms with E-state index in [0.29, 0.717) is 0 Å². The quantitative estimate of drug-likeness (QED) is 0.645. The van der Waals surface area contributed by atoms with Gasteiger partial charge < -0.3 is 15.5 Å². The highest BCUT2D eigenvalue weighted by Gasteiger charge is 2.50. The Morgan fingerprint density at radius 3 is 2.47 bits per heavy atom. The minimum Gasteiger partial charge on any atom is -0.396 e. The van der Waals surface area contributed by atoms with Gasteiger partial charge in [-0.15, -0.1) is 0 Å². The molecule has 2 unspecified atom stereocenters. The van der Waals surface area contributed by atoms with E-state index in [1.54, 1.807) is 0 Å². The molecule has 1 aliphatic carbocycles. The molecule has 0 spiro atoms. The van der Waals surface area contributed by atoms with E-state index in [2.05, 4.69) is 12.2 Å². The van der Waals surface area contributed by atoms with Crippen LogP contribution in [0, 0.1) is 11.3 Å². The predicted octanol–water partition coefficient (Wildman–Crippen LogP) is 1.68. The lowest BCUT2D eigenvalue weighted by atomic mass is 9.63. The highest BCUT2D eigenvalue weighted by molar-refractivity contribution is 5.01. The van der Waals surface area contributed by atoms with Crippen molar-refractivity contribution in [1.29, 1.82) is 0 Å². The SMILES string of the molecule is CC1CCCC(O)(C2(CO)CCNCC2)CC1. The summed E-state index contributed by atoms with van der Waals surface area (Å²) >= 11 is 0. The number of hydrogen-bond donors (Lipinski definition) is 3. The number of aliphatic hydroxyl groups is 2. The van der Waals surface area contributed by atoms with E-state index in [-0.39, 0.29) is 12.0 Å². The third-order valence-corrected chi connectivity index (χ3v) is 5.19. The second-order valence-electron chi connectivity index (χ2n) is 6.26. The van der Waals surface area contributed by atoms with E-state index >= 15 is 0 Å². The van der Waals surface area contributed by atoms with Crippen molar-refractivity contribution in [3.8, 4) is 0 Å². The number of aliphatic hydroxyl groups excluding tert-OH is 1. The Kier molecular flexibility index (Phi) is 4.11. The average molecular weight is 241 g/mol. The molecule has 0 aromatic heterocycles. The predicted molar refractivity (Wildman–Crippen MR) is 68.8 cm³/mol. The van der Waals surface area contributed by atoms with Crippen molar-refractivity contribution >= 4 is 0 Å². The van der Waals surface area contributed by atoms with Crippen LogP contribution in [0.4, 0.5) is 0 Å². The van der Waals surface area contributed by atoms with Crippen LogP contribution in [0.15, 0.2) is 0 Å². The van der Waals surface area contributed by atoms with Crippen LogP contribution in [0.1, 0.15) is 51.9 Å². The first kappa shape index (κ1) is 13.3. The smallest absolute Gasteiger partial charge is 0.0726 e. The molecule has 3 heteroatoms. The van der Waals surface area contributed by atoms with Crippen LogP contribution in [-0.4, -0.2) is 35.5 Å². The van der Waals surface area contributed by atoms with Crippen LogP contribution in [-0.2, 0) is 0 Å². The molecule has 2 rings (SSSR count). The Morgan fingerprint density at radius 2 is 1.82 bits per heavy atom. The fourth-order valence-electron chi connectivity index (χ4n) is 3.70. The van der Waals surface area contributed by atoms with Gasteiger partial charge in [-0.25, -0.2) is 0 Å². The molecule has 1 heterocycles. The molecule has 0 amide bonds. The Morgan fingerprint density at radius 1 is 1.12 bits per heavy atom. The maximum Gasteiger partial charge on any atom is 0.0726 e. The van der Waals surface area contributed by atoms with Crippen molar-refractivity contribution in [2.24, 2.45) is 11.3 Å². The van der Waals surface area contributed by atoms with E-state index < -0.39 is 5.60 Å². The van der Waals surface area contributed by atoms with Crippen molar-refractivity contribution in [2.45, 2.75) is 57.5 Å². The third kappa shape index (κ3) is 2.51. The zero-order valence-electron chi connectivity index (χ0n) is 11.0. The standard InChI is InChI=1S/C14H27NO2/c1-12-3-2-5-14(17,6-4-12)13(11-16)7-9-15-10-8-13/h12,15-17H,2-11H2,1H3. The highest BCUT2D eigenvalue weighted by atomic mass is 16.3. The van der Waals surface area contributed by atoms with Crippen LogP contribution in [0.3, 0.4) is 0 Å². The lowest BCUT2D eigenvalue weighted by molar-refractivity contribution is -0.133. The van der Waals surface area contributed by atoms with Gasteiger partial charge in [0.15, 0.2) is 0 Å². The Balaban J connectivity index is 2.15. The number of hydrogen-bond acceptors (Lipinski definition) is 3. The average Bonchev–Trinajstić information content (AvgIpc) is 2.53. The molecule has 1 saturated carbocycles. The maximum atomic E-state index is 11.1. The first-order chi connectivity index (χ1) is 8.12. The fourth-order valence-corrected chi connectivity index (χ4v) is 3.70. The Labute approximate surface area is 105 Å². The molecule has 2 aliphatic rings. The van der Waals surface area contributed by atoms with Gasteiger partial charge >= 0.3 is 0 Å². The van der Waals surface area contributed by atoms with E-state index in [1.807, 2.05) is 0 Å². The summed E-state index contributed by atoms with van der Waals surface area (Å²) in [7, 11) is 0. The van der Waals surface area contributed by atoms with E-state index in [9.17, 15) is 10.2 Å². The molecule has 2 fully saturated rings. The van der Waals surface area contributed by atoms with Crippen molar-refractivity contribution in [1.82, 2.24) is 5.32 Å². The first-order valence-electron chi connectivity index (χ1n) is 7.16. The monoisotopic (exact) mass is 241 g/mol. The highest BCUT2D eigenvalue weighted by Crippen LogP contribution is 2.47. The van der Waals surface area contributed by atoms with Crippen LogP contribution >= 0.6 is 0 Å². The largest absolute Gasteiger partial charge is 0.396 e. The van der Waals surface area contributed by atoms with Crippen LogP contribution in [0.2, 0.25) is 0 Å². The first-order valence-corrected chi connectivity index (χ1v) is 7.16. The Bertz CT molecular complexity index is 251. The van der Waals surface area contributed by atoms with Gasteiger partial charge in [0.2, 0.25) is 0 Å². The van der Waals surface area contributed by atoms with Crippen molar-refractivity contribution in [3.05, 3.63) is 0 Å². The number of nitrogens with one attached hydrogen (secondary N) is 1. The van der Waals surface area contributed by atoms with Crippen LogP contribution < -0.4 is 5.32 Å². The molecule has 100 valence electrons. The maximum absolute atomic E-state index is 11.1. The molecule has 0 bridgehead atoms. The summed E-state index contributed by atoms with van der Waals surface area (Å²) in [5, 5.41) is 24.2. The normalized spacial score (nSPS) is 38.6.